The summed E-state index contributed by atoms with van der Waals surface area (Å²) in [7, 11) is 0. The average molecular weight is 255 g/mol. The lowest BCUT2D eigenvalue weighted by atomic mass is 10.2. The van der Waals surface area contributed by atoms with Crippen molar-refractivity contribution in [1.29, 1.82) is 0 Å². The van der Waals surface area contributed by atoms with Crippen molar-refractivity contribution in [2.24, 2.45) is 0 Å². The van der Waals surface area contributed by atoms with Crippen LogP contribution >= 0.6 is 0 Å². The summed E-state index contributed by atoms with van der Waals surface area (Å²) < 4.78 is 1.85. The molecule has 0 unspecified atom stereocenters. The molecule has 0 amide bonds. The van der Waals surface area contributed by atoms with Crippen molar-refractivity contribution in [2.45, 2.75) is 13.8 Å². The highest BCUT2D eigenvalue weighted by Crippen LogP contribution is 2.27. The first-order chi connectivity index (χ1) is 9.06. The standard InChI is InChI=1S/C13H13N5O/c1-7-5-8(2)18-12(16-17-13(18)15-7)9-3-4-10(14)11(19)6-9/h3-6,19H,14H2,1-2H3. The molecular weight excluding hydrogens is 242 g/mol. The van der Waals surface area contributed by atoms with E-state index in [-0.39, 0.29) is 5.75 Å². The third-order valence-electron chi connectivity index (χ3n) is 2.98. The van der Waals surface area contributed by atoms with Gasteiger partial charge in [0.25, 0.3) is 5.78 Å². The Morgan fingerprint density at radius 1 is 1.16 bits per heavy atom. The predicted molar refractivity (Wildman–Crippen MR) is 71.8 cm³/mol. The molecule has 0 atom stereocenters. The van der Waals surface area contributed by atoms with Crippen LogP contribution < -0.4 is 5.73 Å². The van der Waals surface area contributed by atoms with Gasteiger partial charge in [-0.2, -0.15) is 0 Å². The van der Waals surface area contributed by atoms with Crippen LogP contribution in [0.15, 0.2) is 24.3 Å². The van der Waals surface area contributed by atoms with Crippen LogP contribution in [0, 0.1) is 13.8 Å². The van der Waals surface area contributed by atoms with E-state index in [9.17, 15) is 5.11 Å². The number of phenols is 1. The molecule has 3 aromatic rings. The van der Waals surface area contributed by atoms with Crippen molar-refractivity contribution in [1.82, 2.24) is 19.6 Å². The van der Waals surface area contributed by atoms with E-state index in [2.05, 4.69) is 15.2 Å². The minimum Gasteiger partial charge on any atom is -0.506 e. The van der Waals surface area contributed by atoms with E-state index in [4.69, 9.17) is 5.73 Å². The molecule has 2 aromatic heterocycles. The number of fused-ring (bicyclic) bond motifs is 1. The van der Waals surface area contributed by atoms with E-state index in [0.717, 1.165) is 17.0 Å². The van der Waals surface area contributed by atoms with Crippen LogP contribution in [0.3, 0.4) is 0 Å². The van der Waals surface area contributed by atoms with Crippen molar-refractivity contribution >= 4 is 11.5 Å². The van der Waals surface area contributed by atoms with Crippen LogP contribution in [-0.2, 0) is 0 Å². The van der Waals surface area contributed by atoms with Crippen molar-refractivity contribution in [3.8, 4) is 17.1 Å². The van der Waals surface area contributed by atoms with Crippen LogP contribution in [0.2, 0.25) is 0 Å². The van der Waals surface area contributed by atoms with Gasteiger partial charge in [-0.05, 0) is 38.1 Å². The molecule has 2 heterocycles. The molecule has 0 saturated heterocycles. The number of aromatic nitrogens is 4. The van der Waals surface area contributed by atoms with Gasteiger partial charge in [-0.1, -0.05) is 0 Å². The zero-order chi connectivity index (χ0) is 13.6. The minimum atomic E-state index is 0.0342. The summed E-state index contributed by atoms with van der Waals surface area (Å²) in [6.45, 7) is 3.88. The van der Waals surface area contributed by atoms with Crippen LogP contribution in [-0.4, -0.2) is 24.7 Å². The lowest BCUT2D eigenvalue weighted by Crippen LogP contribution is -1.98. The predicted octanol–water partition coefficient (Wildman–Crippen LogP) is 1.70. The summed E-state index contributed by atoms with van der Waals surface area (Å²) in [6.07, 6.45) is 0. The summed E-state index contributed by atoms with van der Waals surface area (Å²) >= 11 is 0. The molecule has 0 saturated carbocycles. The Labute approximate surface area is 109 Å². The minimum absolute atomic E-state index is 0.0342. The van der Waals surface area contributed by atoms with E-state index in [1.165, 1.54) is 0 Å². The fourth-order valence-corrected chi connectivity index (χ4v) is 2.10. The number of rotatable bonds is 1. The van der Waals surface area contributed by atoms with Crippen LogP contribution in [0.1, 0.15) is 11.4 Å². The van der Waals surface area contributed by atoms with Gasteiger partial charge < -0.3 is 10.8 Å². The number of nitrogen functional groups attached to an aromatic ring is 1. The molecule has 6 heteroatoms. The lowest BCUT2D eigenvalue weighted by molar-refractivity contribution is 0.478. The average Bonchev–Trinajstić information content (AvgIpc) is 2.76. The molecule has 0 aliphatic rings. The maximum Gasteiger partial charge on any atom is 0.255 e. The van der Waals surface area contributed by atoms with Crippen molar-refractivity contribution < 1.29 is 5.11 Å². The zero-order valence-corrected chi connectivity index (χ0v) is 10.6. The lowest BCUT2D eigenvalue weighted by Gasteiger charge is -2.05. The van der Waals surface area contributed by atoms with Crippen LogP contribution in [0.5, 0.6) is 5.75 Å². The second-order valence-electron chi connectivity index (χ2n) is 4.47. The number of phenolic OH excluding ortho intramolecular Hbond substituents is 1. The van der Waals surface area contributed by atoms with E-state index >= 15 is 0 Å². The van der Waals surface area contributed by atoms with Gasteiger partial charge >= 0.3 is 0 Å². The third kappa shape index (κ3) is 1.77. The summed E-state index contributed by atoms with van der Waals surface area (Å²) in [4.78, 5) is 4.32. The van der Waals surface area contributed by atoms with Gasteiger partial charge in [0.2, 0.25) is 0 Å². The monoisotopic (exact) mass is 255 g/mol. The number of hydrogen-bond donors (Lipinski definition) is 2. The van der Waals surface area contributed by atoms with Gasteiger partial charge in [0.1, 0.15) is 5.75 Å². The summed E-state index contributed by atoms with van der Waals surface area (Å²) in [5.74, 6) is 1.21. The normalized spacial score (nSPS) is 11.1. The van der Waals surface area contributed by atoms with Crippen molar-refractivity contribution in [3.63, 3.8) is 0 Å². The van der Waals surface area contributed by atoms with Gasteiger partial charge in [0.15, 0.2) is 5.82 Å². The van der Waals surface area contributed by atoms with Gasteiger partial charge in [0.05, 0.1) is 5.69 Å². The molecule has 1 aromatic carbocycles. The smallest absolute Gasteiger partial charge is 0.255 e. The summed E-state index contributed by atoms with van der Waals surface area (Å²) in [5, 5.41) is 17.9. The third-order valence-corrected chi connectivity index (χ3v) is 2.98. The van der Waals surface area contributed by atoms with Crippen LogP contribution in [0.25, 0.3) is 17.2 Å². The second kappa shape index (κ2) is 3.94. The number of benzene rings is 1. The highest BCUT2D eigenvalue weighted by molar-refractivity contribution is 5.66. The number of anilines is 1. The molecule has 0 fully saturated rings. The molecule has 6 nitrogen and oxygen atoms in total. The van der Waals surface area contributed by atoms with E-state index < -0.39 is 0 Å². The largest absolute Gasteiger partial charge is 0.506 e. The Bertz CT molecular complexity index is 778. The number of aryl methyl sites for hydroxylation is 2. The molecule has 96 valence electrons. The first kappa shape index (κ1) is 11.5. The Hall–Kier alpha value is -2.63. The Balaban J connectivity index is 2.28. The highest BCUT2D eigenvalue weighted by Gasteiger charge is 2.12. The topological polar surface area (TPSA) is 89.3 Å². The van der Waals surface area contributed by atoms with Crippen LogP contribution in [0.4, 0.5) is 5.69 Å². The molecular formula is C13H13N5O. The number of aromatic hydroxyl groups is 1. The molecule has 0 spiro atoms. The zero-order valence-electron chi connectivity index (χ0n) is 10.6. The number of hydrogen-bond acceptors (Lipinski definition) is 5. The van der Waals surface area contributed by atoms with Gasteiger partial charge in [-0.3, -0.25) is 4.40 Å². The maximum absolute atomic E-state index is 9.69. The van der Waals surface area contributed by atoms with Crippen molar-refractivity contribution in [2.75, 3.05) is 5.73 Å². The van der Waals surface area contributed by atoms with Crippen molar-refractivity contribution in [3.05, 3.63) is 35.7 Å². The van der Waals surface area contributed by atoms with E-state index in [0.29, 0.717) is 17.3 Å². The quantitative estimate of drug-likeness (QED) is 0.510. The summed E-state index contributed by atoms with van der Waals surface area (Å²) in [6, 6.07) is 6.97. The molecule has 0 bridgehead atoms. The molecule has 3 rings (SSSR count). The SMILES string of the molecule is Cc1cc(C)n2c(-c3ccc(N)c(O)c3)nnc2n1. The molecule has 0 aliphatic heterocycles. The Morgan fingerprint density at radius 3 is 2.68 bits per heavy atom. The van der Waals surface area contributed by atoms with E-state index in [1.54, 1.807) is 18.2 Å². The Kier molecular flexibility index (Phi) is 2.38. The maximum atomic E-state index is 9.69. The summed E-state index contributed by atoms with van der Waals surface area (Å²) in [5.41, 5.74) is 8.56. The van der Waals surface area contributed by atoms with E-state index in [1.807, 2.05) is 24.3 Å². The van der Waals surface area contributed by atoms with Gasteiger partial charge in [-0.25, -0.2) is 4.98 Å². The first-order valence-corrected chi connectivity index (χ1v) is 5.84. The fourth-order valence-electron chi connectivity index (χ4n) is 2.10. The van der Waals surface area contributed by atoms with Gasteiger partial charge in [-0.15, -0.1) is 10.2 Å². The second-order valence-corrected chi connectivity index (χ2v) is 4.47. The Morgan fingerprint density at radius 2 is 1.95 bits per heavy atom. The molecule has 0 aliphatic carbocycles. The number of nitrogens with zero attached hydrogens (tertiary/aromatic N) is 4. The highest BCUT2D eigenvalue weighted by atomic mass is 16.3. The first-order valence-electron chi connectivity index (χ1n) is 5.84. The molecule has 19 heavy (non-hydrogen) atoms. The fraction of sp³-hybridized carbons (Fsp3) is 0.154. The molecule has 0 radical (unpaired) electrons. The molecule has 3 N–H and O–H groups in total. The van der Waals surface area contributed by atoms with Gasteiger partial charge in [0, 0.05) is 17.0 Å². The number of nitrogens with two attached hydrogens (primary N) is 1.